The molecule has 1 amide bonds. The summed E-state index contributed by atoms with van der Waals surface area (Å²) < 4.78 is 5.94. The van der Waals surface area contributed by atoms with Gasteiger partial charge in [-0.05, 0) is 24.3 Å². The molecule has 0 saturated heterocycles. The van der Waals surface area contributed by atoms with Crippen molar-refractivity contribution < 1.29 is 9.53 Å². The Kier molecular flexibility index (Phi) is 6.11. The zero-order valence-corrected chi connectivity index (χ0v) is 15.8. The Labute approximate surface area is 159 Å². The topological polar surface area (TPSA) is 38.3 Å². The molecule has 2 aromatic carbocycles. The molecule has 0 fully saturated rings. The van der Waals surface area contributed by atoms with Crippen molar-refractivity contribution in [1.29, 1.82) is 0 Å². The van der Waals surface area contributed by atoms with Gasteiger partial charge in [0.25, 0.3) is 0 Å². The Morgan fingerprint density at radius 3 is 1.82 bits per heavy atom. The van der Waals surface area contributed by atoms with Crippen LogP contribution in [-0.2, 0) is 0 Å². The lowest BCUT2D eigenvalue weighted by molar-refractivity contribution is 0.215. The number of rotatable bonds is 2. The van der Waals surface area contributed by atoms with Crippen LogP contribution >= 0.6 is 73.9 Å². The first-order valence-corrected chi connectivity index (χ1v) is 8.25. The molecular formula is C13H5BrCl5NO2. The molecule has 0 atom stereocenters. The van der Waals surface area contributed by atoms with Crippen LogP contribution in [0.5, 0.6) is 5.75 Å². The molecule has 9 heteroatoms. The van der Waals surface area contributed by atoms with E-state index in [1.165, 1.54) is 0 Å². The number of carbonyl (C=O) groups excluding carboxylic acids is 1. The van der Waals surface area contributed by atoms with Crippen LogP contribution in [0.15, 0.2) is 28.7 Å². The lowest BCUT2D eigenvalue weighted by Crippen LogP contribution is -2.17. The first-order valence-electron chi connectivity index (χ1n) is 5.57. The van der Waals surface area contributed by atoms with E-state index in [0.29, 0.717) is 5.69 Å². The smallest absolute Gasteiger partial charge is 0.407 e. The molecule has 3 nitrogen and oxygen atoms in total. The molecule has 2 rings (SSSR count). The maximum Gasteiger partial charge on any atom is 0.417 e. The molecule has 0 radical (unpaired) electrons. The molecule has 0 saturated carbocycles. The van der Waals surface area contributed by atoms with Gasteiger partial charge in [0.05, 0.1) is 15.1 Å². The normalized spacial score (nSPS) is 10.5. The first kappa shape index (κ1) is 18.0. The number of amides is 1. The van der Waals surface area contributed by atoms with Crippen LogP contribution in [0.2, 0.25) is 25.1 Å². The third-order valence-electron chi connectivity index (χ3n) is 2.45. The van der Waals surface area contributed by atoms with Crippen LogP contribution in [0, 0.1) is 0 Å². The summed E-state index contributed by atoms with van der Waals surface area (Å²) in [6.45, 7) is 0. The molecular weight excluding hydrogens is 459 g/mol. The van der Waals surface area contributed by atoms with Crippen molar-refractivity contribution in [1.82, 2.24) is 0 Å². The predicted molar refractivity (Wildman–Crippen MR) is 95.3 cm³/mol. The summed E-state index contributed by atoms with van der Waals surface area (Å²) in [7, 11) is 0. The molecule has 0 aromatic heterocycles. The predicted octanol–water partition coefficient (Wildman–Crippen LogP) is 7.33. The minimum atomic E-state index is -0.805. The van der Waals surface area contributed by atoms with Crippen molar-refractivity contribution in [3.63, 3.8) is 0 Å². The summed E-state index contributed by atoms with van der Waals surface area (Å²) >= 11 is 32.9. The summed E-state index contributed by atoms with van der Waals surface area (Å²) in [6, 6.07) is 6.87. The molecule has 0 bridgehead atoms. The number of nitrogens with one attached hydrogen (secondary N) is 1. The maximum absolute atomic E-state index is 11.9. The van der Waals surface area contributed by atoms with E-state index < -0.39 is 6.09 Å². The van der Waals surface area contributed by atoms with Gasteiger partial charge in [0.15, 0.2) is 5.75 Å². The summed E-state index contributed by atoms with van der Waals surface area (Å²) in [5.41, 5.74) is 0.520. The van der Waals surface area contributed by atoms with Crippen LogP contribution in [-0.4, -0.2) is 6.09 Å². The number of halogens is 6. The molecule has 0 unspecified atom stereocenters. The van der Waals surface area contributed by atoms with Gasteiger partial charge in [0, 0.05) is 10.2 Å². The summed E-state index contributed by atoms with van der Waals surface area (Å²) in [6.07, 6.45) is -0.805. The second-order valence-corrected chi connectivity index (χ2v) is 6.73. The van der Waals surface area contributed by atoms with E-state index in [-0.39, 0.29) is 30.9 Å². The molecule has 0 aliphatic heterocycles. The van der Waals surface area contributed by atoms with Gasteiger partial charge in [-0.3, -0.25) is 5.32 Å². The van der Waals surface area contributed by atoms with Crippen molar-refractivity contribution in [3.05, 3.63) is 53.9 Å². The molecule has 116 valence electrons. The third-order valence-corrected chi connectivity index (χ3v) is 5.23. The van der Waals surface area contributed by atoms with Crippen LogP contribution in [0.4, 0.5) is 10.5 Å². The highest BCUT2D eigenvalue weighted by Gasteiger charge is 2.22. The maximum atomic E-state index is 11.9. The van der Waals surface area contributed by atoms with Crippen molar-refractivity contribution in [2.45, 2.75) is 0 Å². The highest BCUT2D eigenvalue weighted by atomic mass is 79.9. The van der Waals surface area contributed by atoms with Gasteiger partial charge in [-0.25, -0.2) is 4.79 Å². The third kappa shape index (κ3) is 3.94. The zero-order valence-electron chi connectivity index (χ0n) is 10.4. The van der Waals surface area contributed by atoms with Crippen molar-refractivity contribution in [2.24, 2.45) is 0 Å². The average molecular weight is 464 g/mol. The highest BCUT2D eigenvalue weighted by Crippen LogP contribution is 2.48. The molecule has 0 heterocycles. The Morgan fingerprint density at radius 1 is 0.864 bits per heavy atom. The lowest BCUT2D eigenvalue weighted by atomic mass is 10.3. The Hall–Kier alpha value is -0.360. The number of hydrogen-bond donors (Lipinski definition) is 1. The summed E-state index contributed by atoms with van der Waals surface area (Å²) in [5, 5.41) is 2.18. The van der Waals surface area contributed by atoms with E-state index in [1.807, 2.05) is 0 Å². The van der Waals surface area contributed by atoms with Crippen LogP contribution in [0.25, 0.3) is 0 Å². The van der Waals surface area contributed by atoms with E-state index in [4.69, 9.17) is 62.7 Å². The number of anilines is 1. The van der Waals surface area contributed by atoms with Gasteiger partial charge in [0.1, 0.15) is 10.0 Å². The Balaban J connectivity index is 2.24. The fourth-order valence-electron chi connectivity index (χ4n) is 1.44. The van der Waals surface area contributed by atoms with Gasteiger partial charge in [-0.15, -0.1) is 0 Å². The van der Waals surface area contributed by atoms with Gasteiger partial charge in [-0.2, -0.15) is 0 Å². The molecule has 0 aliphatic rings. The van der Waals surface area contributed by atoms with Crippen LogP contribution < -0.4 is 10.1 Å². The van der Waals surface area contributed by atoms with Crippen LogP contribution in [0.1, 0.15) is 0 Å². The van der Waals surface area contributed by atoms with E-state index in [9.17, 15) is 4.79 Å². The molecule has 0 aliphatic carbocycles. The fourth-order valence-corrected chi connectivity index (χ4v) is 2.91. The number of ether oxygens (including phenoxy) is 1. The minimum absolute atomic E-state index is 0.0148. The number of benzene rings is 2. The largest absolute Gasteiger partial charge is 0.417 e. The average Bonchev–Trinajstić information content (AvgIpc) is 2.50. The number of hydrogen-bond acceptors (Lipinski definition) is 2. The second kappa shape index (κ2) is 7.47. The van der Waals surface area contributed by atoms with E-state index in [0.717, 1.165) is 4.47 Å². The van der Waals surface area contributed by atoms with Gasteiger partial charge < -0.3 is 4.74 Å². The van der Waals surface area contributed by atoms with Crippen molar-refractivity contribution in [2.75, 3.05) is 5.32 Å². The van der Waals surface area contributed by atoms with E-state index in [2.05, 4.69) is 21.2 Å². The second-order valence-electron chi connectivity index (χ2n) is 3.92. The van der Waals surface area contributed by atoms with Crippen molar-refractivity contribution >= 4 is 85.7 Å². The quantitative estimate of drug-likeness (QED) is 0.373. The zero-order chi connectivity index (χ0) is 16.4. The van der Waals surface area contributed by atoms with Crippen LogP contribution in [0.3, 0.4) is 0 Å². The lowest BCUT2D eigenvalue weighted by Gasteiger charge is -2.13. The van der Waals surface area contributed by atoms with E-state index >= 15 is 0 Å². The summed E-state index contributed by atoms with van der Waals surface area (Å²) in [4.78, 5) is 11.9. The van der Waals surface area contributed by atoms with Gasteiger partial charge in [0.2, 0.25) is 0 Å². The molecule has 0 spiro atoms. The number of carbonyl (C=O) groups is 1. The molecule has 22 heavy (non-hydrogen) atoms. The standard InChI is InChI=1S/C13H5BrCl5NO2/c14-5-1-3-6(4-2-5)20-13(21)22-12-10(18)8(16)7(15)9(17)11(12)19/h1-4H,(H,20,21). The SMILES string of the molecule is O=C(Nc1ccc(Br)cc1)Oc1c(Cl)c(Cl)c(Cl)c(Cl)c1Cl. The van der Waals surface area contributed by atoms with Gasteiger partial charge >= 0.3 is 6.09 Å². The highest BCUT2D eigenvalue weighted by molar-refractivity contribution is 9.10. The first-order chi connectivity index (χ1) is 10.3. The van der Waals surface area contributed by atoms with Crippen molar-refractivity contribution in [3.8, 4) is 5.75 Å². The summed E-state index contributed by atoms with van der Waals surface area (Å²) in [5.74, 6) is -0.169. The fraction of sp³-hybridized carbons (Fsp3) is 0. The molecule has 1 N–H and O–H groups in total. The monoisotopic (exact) mass is 461 g/mol. The van der Waals surface area contributed by atoms with E-state index in [1.54, 1.807) is 24.3 Å². The molecule has 2 aromatic rings. The van der Waals surface area contributed by atoms with Gasteiger partial charge in [-0.1, -0.05) is 73.9 Å². The Morgan fingerprint density at radius 2 is 1.32 bits per heavy atom. The minimum Gasteiger partial charge on any atom is -0.407 e. The Bertz CT molecular complexity index is 707.